The van der Waals surface area contributed by atoms with Crippen molar-refractivity contribution in [3.63, 3.8) is 0 Å². The maximum absolute atomic E-state index is 13.5. The first-order chi connectivity index (χ1) is 18.0. The van der Waals surface area contributed by atoms with Gasteiger partial charge < -0.3 is 15.0 Å². The summed E-state index contributed by atoms with van der Waals surface area (Å²) in [5.41, 5.74) is 0.434. The number of azo groups is 1. The van der Waals surface area contributed by atoms with Crippen molar-refractivity contribution in [3.05, 3.63) is 94.9 Å². The number of fused-ring (bicyclic) bond motifs is 1. The summed E-state index contributed by atoms with van der Waals surface area (Å²) in [4.78, 5) is 41.9. The van der Waals surface area contributed by atoms with Gasteiger partial charge in [0.1, 0.15) is 17.4 Å². The van der Waals surface area contributed by atoms with Crippen LogP contribution < -0.4 is 15.6 Å². The lowest BCUT2D eigenvalue weighted by molar-refractivity contribution is -0.117. The number of H-pyrrole nitrogens is 1. The lowest BCUT2D eigenvalue weighted by atomic mass is 10.2. The molecule has 0 saturated carbocycles. The average Bonchev–Trinajstić information content (AvgIpc) is 3.30. The van der Waals surface area contributed by atoms with Crippen LogP contribution in [0.3, 0.4) is 0 Å². The van der Waals surface area contributed by atoms with Crippen molar-refractivity contribution in [2.45, 2.75) is 13.0 Å². The highest BCUT2D eigenvalue weighted by molar-refractivity contribution is 5.96. The summed E-state index contributed by atoms with van der Waals surface area (Å²) in [5, 5.41) is 16.0. The van der Waals surface area contributed by atoms with Crippen LogP contribution in [0.5, 0.6) is 5.75 Å². The van der Waals surface area contributed by atoms with Crippen molar-refractivity contribution < 1.29 is 9.53 Å². The minimum atomic E-state index is -1.32. The Labute approximate surface area is 210 Å². The molecule has 0 radical (unpaired) electrons. The highest BCUT2D eigenvalue weighted by Crippen LogP contribution is 2.26. The molecule has 2 N–H and O–H groups in total. The van der Waals surface area contributed by atoms with E-state index in [0.29, 0.717) is 34.0 Å². The number of carbonyl (C=O) groups excluding carboxylic acids is 1. The zero-order chi connectivity index (χ0) is 25.8. The number of carbonyl (C=O) groups is 1. The van der Waals surface area contributed by atoms with Crippen molar-refractivity contribution >= 4 is 28.4 Å². The van der Waals surface area contributed by atoms with Crippen molar-refractivity contribution in [2.24, 2.45) is 10.2 Å². The van der Waals surface area contributed by atoms with E-state index in [1.54, 1.807) is 79.9 Å². The lowest BCUT2D eigenvalue weighted by Crippen LogP contribution is -2.24. The van der Waals surface area contributed by atoms with E-state index in [9.17, 15) is 9.59 Å². The number of nitrogens with one attached hydrogen (secondary N) is 2. The topological polar surface area (TPSA) is 152 Å². The fourth-order valence-corrected chi connectivity index (χ4v) is 3.63. The summed E-state index contributed by atoms with van der Waals surface area (Å²) in [7, 11) is 1.50. The summed E-state index contributed by atoms with van der Waals surface area (Å²) in [5.74, 6) is 0.899. The van der Waals surface area contributed by atoms with Crippen LogP contribution in [0.25, 0.3) is 16.7 Å². The van der Waals surface area contributed by atoms with Gasteiger partial charge in [0.25, 0.3) is 17.4 Å². The van der Waals surface area contributed by atoms with Gasteiger partial charge in [0.2, 0.25) is 6.04 Å². The second kappa shape index (κ2) is 10.2. The van der Waals surface area contributed by atoms with E-state index < -0.39 is 17.5 Å². The number of pyridine rings is 1. The number of hydrogen-bond donors (Lipinski definition) is 2. The molecule has 5 rings (SSSR count). The number of aryl methyl sites for hydroxylation is 1. The molecule has 184 valence electrons. The van der Waals surface area contributed by atoms with Crippen molar-refractivity contribution in [1.29, 1.82) is 0 Å². The van der Waals surface area contributed by atoms with Crippen LogP contribution in [0.15, 0.2) is 87.9 Å². The molecule has 1 amide bonds. The van der Waals surface area contributed by atoms with Crippen LogP contribution in [0.4, 0.5) is 11.6 Å². The minimum Gasteiger partial charge on any atom is -0.495 e. The number of benzene rings is 2. The van der Waals surface area contributed by atoms with Crippen molar-refractivity contribution in [2.75, 3.05) is 12.4 Å². The molecule has 1 atom stereocenters. The third-order valence-electron chi connectivity index (χ3n) is 5.33. The van der Waals surface area contributed by atoms with Gasteiger partial charge in [-0.05, 0) is 43.3 Å². The molecule has 3 aromatic heterocycles. The summed E-state index contributed by atoms with van der Waals surface area (Å²) in [6.07, 6.45) is 1.61. The Balaban J connectivity index is 1.58. The standard InChI is InChI=1S/C25H21N9O3/c1-15-27-25(34(33-15)20-13-7-8-14-26-20)32-31-21(24(36)29-18-11-5-6-12-19(18)37-2)22-28-17-10-4-3-9-16(17)23(35)30-22/h3-14,21H,1-2H3,(H,29,36)(H,28,30,35). The predicted molar refractivity (Wildman–Crippen MR) is 135 cm³/mol. The molecule has 0 fully saturated rings. The fraction of sp³-hybridized carbons (Fsp3) is 0.120. The lowest BCUT2D eigenvalue weighted by Gasteiger charge is -2.14. The molecule has 37 heavy (non-hydrogen) atoms. The molecular formula is C25H21N9O3. The Bertz CT molecular complexity index is 1660. The Morgan fingerprint density at radius 2 is 1.84 bits per heavy atom. The molecule has 0 bridgehead atoms. The van der Waals surface area contributed by atoms with Crippen LogP contribution in [-0.4, -0.2) is 42.7 Å². The Morgan fingerprint density at radius 1 is 1.05 bits per heavy atom. The van der Waals surface area contributed by atoms with Gasteiger partial charge in [-0.2, -0.15) is 14.8 Å². The average molecular weight is 496 g/mol. The van der Waals surface area contributed by atoms with E-state index in [2.05, 4.69) is 40.6 Å². The summed E-state index contributed by atoms with van der Waals surface area (Å²) < 4.78 is 6.74. The third-order valence-corrected chi connectivity index (χ3v) is 5.33. The number of para-hydroxylation sites is 3. The molecule has 12 heteroatoms. The normalized spacial score (nSPS) is 12.1. The maximum atomic E-state index is 13.5. The van der Waals surface area contributed by atoms with Crippen LogP contribution in [0, 0.1) is 6.92 Å². The smallest absolute Gasteiger partial charge is 0.273 e. The number of amides is 1. The summed E-state index contributed by atoms with van der Waals surface area (Å²) in [6.45, 7) is 1.70. The summed E-state index contributed by atoms with van der Waals surface area (Å²) in [6, 6.07) is 17.7. The number of ether oxygens (including phenoxy) is 1. The minimum absolute atomic E-state index is 0.0143. The predicted octanol–water partition coefficient (Wildman–Crippen LogP) is 3.68. The Morgan fingerprint density at radius 3 is 2.65 bits per heavy atom. The van der Waals surface area contributed by atoms with Crippen LogP contribution in [0.1, 0.15) is 17.7 Å². The van der Waals surface area contributed by atoms with Gasteiger partial charge in [0, 0.05) is 6.20 Å². The van der Waals surface area contributed by atoms with Crippen molar-refractivity contribution in [3.8, 4) is 11.6 Å². The number of aromatic nitrogens is 6. The molecule has 0 aliphatic heterocycles. The van der Waals surface area contributed by atoms with Crippen LogP contribution in [-0.2, 0) is 4.79 Å². The molecule has 3 heterocycles. The number of methoxy groups -OCH3 is 1. The van der Waals surface area contributed by atoms with Gasteiger partial charge in [-0.25, -0.2) is 9.97 Å². The van der Waals surface area contributed by atoms with Gasteiger partial charge in [-0.3, -0.25) is 9.59 Å². The van der Waals surface area contributed by atoms with E-state index in [1.807, 2.05) is 0 Å². The quantitative estimate of drug-likeness (QED) is 0.327. The van der Waals surface area contributed by atoms with Crippen LogP contribution in [0.2, 0.25) is 0 Å². The first kappa shape index (κ1) is 23.5. The Hall–Kier alpha value is -5.26. The zero-order valence-corrected chi connectivity index (χ0v) is 19.9. The first-order valence-electron chi connectivity index (χ1n) is 11.2. The molecule has 0 aliphatic rings. The first-order valence-corrected chi connectivity index (χ1v) is 11.2. The highest BCUT2D eigenvalue weighted by Gasteiger charge is 2.25. The van der Waals surface area contributed by atoms with Gasteiger partial charge in [-0.15, -0.1) is 10.2 Å². The molecule has 5 aromatic rings. The number of anilines is 1. The van der Waals surface area contributed by atoms with Gasteiger partial charge in [0.05, 0.1) is 23.7 Å². The monoisotopic (exact) mass is 495 g/mol. The molecule has 12 nitrogen and oxygen atoms in total. The molecular weight excluding hydrogens is 474 g/mol. The van der Waals surface area contributed by atoms with E-state index in [-0.39, 0.29) is 11.8 Å². The zero-order valence-electron chi connectivity index (χ0n) is 19.9. The maximum Gasteiger partial charge on any atom is 0.273 e. The number of aromatic amines is 1. The number of hydrogen-bond acceptors (Lipinski definition) is 9. The molecule has 2 aromatic carbocycles. The van der Waals surface area contributed by atoms with E-state index in [1.165, 1.54) is 11.8 Å². The highest BCUT2D eigenvalue weighted by atomic mass is 16.5. The van der Waals surface area contributed by atoms with Gasteiger partial charge in [-0.1, -0.05) is 30.3 Å². The third kappa shape index (κ3) is 4.93. The second-order valence-corrected chi connectivity index (χ2v) is 7.83. The van der Waals surface area contributed by atoms with Gasteiger partial charge in [0.15, 0.2) is 5.82 Å². The Kier molecular flexibility index (Phi) is 6.45. The van der Waals surface area contributed by atoms with E-state index in [4.69, 9.17) is 4.74 Å². The number of nitrogens with zero attached hydrogens (tertiary/aromatic N) is 7. The second-order valence-electron chi connectivity index (χ2n) is 7.83. The molecule has 0 saturated heterocycles. The van der Waals surface area contributed by atoms with E-state index >= 15 is 0 Å². The molecule has 1 unspecified atom stereocenters. The SMILES string of the molecule is COc1ccccc1NC(=O)C(N=Nc1nc(C)nn1-c1ccccn1)c1nc2ccccc2c(=O)[nH]1. The van der Waals surface area contributed by atoms with Crippen molar-refractivity contribution in [1.82, 2.24) is 29.7 Å². The van der Waals surface area contributed by atoms with Crippen LogP contribution >= 0.6 is 0 Å². The molecule has 0 spiro atoms. The van der Waals surface area contributed by atoms with Gasteiger partial charge >= 0.3 is 0 Å². The largest absolute Gasteiger partial charge is 0.495 e. The summed E-state index contributed by atoms with van der Waals surface area (Å²) >= 11 is 0. The molecule has 0 aliphatic carbocycles. The number of rotatable bonds is 7. The van der Waals surface area contributed by atoms with E-state index in [0.717, 1.165) is 0 Å². The fourth-order valence-electron chi connectivity index (χ4n) is 3.63.